The molecule has 188 valence electrons. The van der Waals surface area contributed by atoms with Crippen molar-refractivity contribution in [2.45, 2.75) is 12.5 Å². The molecule has 1 amide bonds. The minimum atomic E-state index is -0.796. The van der Waals surface area contributed by atoms with Crippen LogP contribution in [0.1, 0.15) is 27.7 Å². The summed E-state index contributed by atoms with van der Waals surface area (Å²) in [4.78, 5) is 31.0. The highest BCUT2D eigenvalue weighted by molar-refractivity contribution is 7.12. The van der Waals surface area contributed by atoms with E-state index in [4.69, 9.17) is 18.9 Å². The van der Waals surface area contributed by atoms with Crippen LogP contribution in [0.4, 0.5) is 0 Å². The number of benzene rings is 1. The first-order chi connectivity index (χ1) is 17.0. The molecule has 35 heavy (non-hydrogen) atoms. The van der Waals surface area contributed by atoms with E-state index in [-0.39, 0.29) is 11.4 Å². The molecule has 10 heteroatoms. The van der Waals surface area contributed by atoms with Crippen molar-refractivity contribution in [3.8, 4) is 17.2 Å². The van der Waals surface area contributed by atoms with E-state index >= 15 is 0 Å². The van der Waals surface area contributed by atoms with Gasteiger partial charge in [0.1, 0.15) is 0 Å². The van der Waals surface area contributed by atoms with E-state index in [9.17, 15) is 14.7 Å². The zero-order valence-corrected chi connectivity index (χ0v) is 20.9. The normalized spacial score (nSPS) is 18.8. The van der Waals surface area contributed by atoms with Gasteiger partial charge in [-0.3, -0.25) is 14.5 Å². The lowest BCUT2D eigenvalue weighted by molar-refractivity contribution is -0.129. The van der Waals surface area contributed by atoms with E-state index < -0.39 is 17.7 Å². The van der Waals surface area contributed by atoms with Gasteiger partial charge in [-0.15, -0.1) is 11.3 Å². The van der Waals surface area contributed by atoms with E-state index in [1.165, 1.54) is 32.7 Å². The monoisotopic (exact) mass is 502 g/mol. The van der Waals surface area contributed by atoms with Crippen LogP contribution in [0.3, 0.4) is 0 Å². The van der Waals surface area contributed by atoms with Crippen LogP contribution >= 0.6 is 11.3 Å². The molecule has 1 fully saturated rings. The topological polar surface area (TPSA) is 97.8 Å². The highest BCUT2D eigenvalue weighted by atomic mass is 32.1. The Morgan fingerprint density at radius 2 is 1.80 bits per heavy atom. The fourth-order valence-corrected chi connectivity index (χ4v) is 5.23. The standard InChI is InChI=1S/C25H30N2O7S/c1-31-17-14-16(15-18(32-2)24(17)33-3)21-20(22(28)19-6-4-13-35-19)23(29)25(30)27(21)8-5-7-26-9-11-34-12-10-26/h4,6,13-15,21,29H,5,7-12H2,1-3H3. The molecule has 2 aliphatic heterocycles. The zero-order chi connectivity index (χ0) is 24.9. The van der Waals surface area contributed by atoms with Gasteiger partial charge in [0.2, 0.25) is 11.5 Å². The molecular formula is C25H30N2O7S. The number of aliphatic hydroxyl groups excluding tert-OH is 1. The number of ketones is 1. The predicted molar refractivity (Wildman–Crippen MR) is 131 cm³/mol. The van der Waals surface area contributed by atoms with Crippen LogP contribution in [0.5, 0.6) is 17.2 Å². The molecule has 3 heterocycles. The number of carbonyl (C=O) groups excluding carboxylic acids is 2. The van der Waals surface area contributed by atoms with E-state index in [1.54, 1.807) is 34.5 Å². The third-order valence-corrected chi connectivity index (χ3v) is 7.14. The third-order valence-electron chi connectivity index (χ3n) is 6.27. The highest BCUT2D eigenvalue weighted by Gasteiger charge is 2.44. The molecule has 2 aromatic rings. The summed E-state index contributed by atoms with van der Waals surface area (Å²) in [6.45, 7) is 4.22. The van der Waals surface area contributed by atoms with Gasteiger partial charge in [-0.1, -0.05) is 6.07 Å². The number of thiophene rings is 1. The quantitative estimate of drug-likeness (QED) is 0.495. The van der Waals surface area contributed by atoms with Gasteiger partial charge in [0, 0.05) is 26.2 Å². The van der Waals surface area contributed by atoms with Crippen LogP contribution < -0.4 is 14.2 Å². The lowest BCUT2D eigenvalue weighted by atomic mass is 9.94. The fraction of sp³-hybridized carbons (Fsp3) is 0.440. The summed E-state index contributed by atoms with van der Waals surface area (Å²) in [6.07, 6.45) is 0.681. The molecule has 0 aliphatic carbocycles. The number of hydrogen-bond donors (Lipinski definition) is 1. The van der Waals surface area contributed by atoms with E-state index in [0.717, 1.165) is 19.6 Å². The second kappa shape index (κ2) is 11.1. The number of ether oxygens (including phenoxy) is 4. The fourth-order valence-electron chi connectivity index (χ4n) is 4.55. The summed E-state index contributed by atoms with van der Waals surface area (Å²) in [5.41, 5.74) is 0.640. The minimum absolute atomic E-state index is 0.0538. The number of morpholine rings is 1. The Labute approximate surface area is 208 Å². The minimum Gasteiger partial charge on any atom is -0.503 e. The Morgan fingerprint density at radius 1 is 1.11 bits per heavy atom. The van der Waals surface area contributed by atoms with E-state index in [1.807, 2.05) is 0 Å². The Balaban J connectivity index is 1.71. The summed E-state index contributed by atoms with van der Waals surface area (Å²) in [6, 6.07) is 6.09. The molecule has 4 rings (SSSR count). The van der Waals surface area contributed by atoms with Crippen LogP contribution in [-0.2, 0) is 9.53 Å². The molecule has 9 nitrogen and oxygen atoms in total. The second-order valence-corrected chi connectivity index (χ2v) is 9.18. The van der Waals surface area contributed by atoms with Crippen LogP contribution in [0.25, 0.3) is 0 Å². The molecular weight excluding hydrogens is 472 g/mol. The number of aliphatic hydroxyl groups is 1. The SMILES string of the molecule is COc1cc(C2C(C(=O)c3cccs3)=C(O)C(=O)N2CCCN2CCOCC2)cc(OC)c1OC. The molecule has 1 aromatic heterocycles. The van der Waals surface area contributed by atoms with Crippen LogP contribution in [0, 0.1) is 0 Å². The average molecular weight is 503 g/mol. The number of rotatable bonds is 10. The predicted octanol–water partition coefficient (Wildman–Crippen LogP) is 3.07. The third kappa shape index (κ3) is 5.00. The van der Waals surface area contributed by atoms with Crippen molar-refractivity contribution in [2.24, 2.45) is 0 Å². The average Bonchev–Trinajstić information content (AvgIpc) is 3.51. The first-order valence-electron chi connectivity index (χ1n) is 11.4. The second-order valence-electron chi connectivity index (χ2n) is 8.24. The van der Waals surface area contributed by atoms with Gasteiger partial charge < -0.3 is 29.0 Å². The summed E-state index contributed by atoms with van der Waals surface area (Å²) in [5.74, 6) is -0.255. The molecule has 1 unspecified atom stereocenters. The Morgan fingerprint density at radius 3 is 2.37 bits per heavy atom. The highest BCUT2D eigenvalue weighted by Crippen LogP contribution is 2.45. The number of nitrogens with zero attached hydrogens (tertiary/aromatic N) is 2. The number of hydrogen-bond acceptors (Lipinski definition) is 9. The lowest BCUT2D eigenvalue weighted by Crippen LogP contribution is -2.39. The summed E-state index contributed by atoms with van der Waals surface area (Å²) < 4.78 is 21.9. The molecule has 0 radical (unpaired) electrons. The molecule has 1 N–H and O–H groups in total. The maximum Gasteiger partial charge on any atom is 0.290 e. The maximum absolute atomic E-state index is 13.5. The summed E-state index contributed by atoms with van der Waals surface area (Å²) in [5, 5.41) is 12.7. The Bertz CT molecular complexity index is 1070. The number of carbonyl (C=O) groups is 2. The molecule has 1 atom stereocenters. The lowest BCUT2D eigenvalue weighted by Gasteiger charge is -2.30. The van der Waals surface area contributed by atoms with Crippen molar-refractivity contribution >= 4 is 23.0 Å². The van der Waals surface area contributed by atoms with Crippen LogP contribution in [0.2, 0.25) is 0 Å². The van der Waals surface area contributed by atoms with Crippen LogP contribution in [0.15, 0.2) is 41.0 Å². The molecule has 1 saturated heterocycles. The maximum atomic E-state index is 13.5. The van der Waals surface area contributed by atoms with Gasteiger partial charge in [0.05, 0.1) is 51.0 Å². The number of amides is 1. The summed E-state index contributed by atoms with van der Waals surface area (Å²) >= 11 is 1.27. The van der Waals surface area contributed by atoms with Crippen molar-refractivity contribution in [2.75, 3.05) is 60.7 Å². The van der Waals surface area contributed by atoms with Crippen molar-refractivity contribution in [3.05, 3.63) is 51.4 Å². The summed E-state index contributed by atoms with van der Waals surface area (Å²) in [7, 11) is 4.52. The zero-order valence-electron chi connectivity index (χ0n) is 20.1. The van der Waals surface area contributed by atoms with Crippen molar-refractivity contribution in [3.63, 3.8) is 0 Å². The smallest absolute Gasteiger partial charge is 0.290 e. The largest absolute Gasteiger partial charge is 0.503 e. The van der Waals surface area contributed by atoms with Gasteiger partial charge in [-0.25, -0.2) is 0 Å². The van der Waals surface area contributed by atoms with Gasteiger partial charge in [-0.05, 0) is 35.6 Å². The van der Waals surface area contributed by atoms with Crippen molar-refractivity contribution in [1.29, 1.82) is 0 Å². The molecule has 2 aliphatic rings. The van der Waals surface area contributed by atoms with Gasteiger partial charge >= 0.3 is 0 Å². The van der Waals surface area contributed by atoms with Crippen molar-refractivity contribution < 1.29 is 33.6 Å². The Kier molecular flexibility index (Phi) is 7.94. The van der Waals surface area contributed by atoms with E-state index in [2.05, 4.69) is 4.90 Å². The number of methoxy groups -OCH3 is 3. The Hall–Kier alpha value is -3.08. The molecule has 0 saturated carbocycles. The van der Waals surface area contributed by atoms with Gasteiger partial charge in [-0.2, -0.15) is 0 Å². The first-order valence-corrected chi connectivity index (χ1v) is 12.3. The molecule has 1 aromatic carbocycles. The van der Waals surface area contributed by atoms with Crippen LogP contribution in [-0.4, -0.2) is 87.3 Å². The van der Waals surface area contributed by atoms with Crippen molar-refractivity contribution in [1.82, 2.24) is 9.80 Å². The number of Topliss-reactive ketones (excluding diaryl/α,β-unsaturated/α-hetero) is 1. The van der Waals surface area contributed by atoms with E-state index in [0.29, 0.717) is 53.9 Å². The molecule has 0 spiro atoms. The van der Waals surface area contributed by atoms with Gasteiger partial charge in [0.15, 0.2) is 17.3 Å². The molecule has 0 bridgehead atoms. The first kappa shape index (κ1) is 25.0. The van der Waals surface area contributed by atoms with Gasteiger partial charge in [0.25, 0.3) is 5.91 Å².